The van der Waals surface area contributed by atoms with E-state index in [0.29, 0.717) is 19.7 Å². The Balaban J connectivity index is 1.76. The quantitative estimate of drug-likeness (QED) is 0.879. The molecule has 0 spiro atoms. The van der Waals surface area contributed by atoms with Crippen LogP contribution in [0.4, 0.5) is 10.5 Å². The number of rotatable bonds is 3. The van der Waals surface area contributed by atoms with Gasteiger partial charge < -0.3 is 24.4 Å². The molecule has 1 atom stereocenters. The van der Waals surface area contributed by atoms with Gasteiger partial charge in [-0.3, -0.25) is 0 Å². The Morgan fingerprint density at radius 1 is 1.22 bits per heavy atom. The van der Waals surface area contributed by atoms with E-state index in [9.17, 15) is 9.90 Å². The van der Waals surface area contributed by atoms with Gasteiger partial charge in [0.2, 0.25) is 0 Å². The number of carbonyl (C=O) groups excluding carboxylic acids is 1. The van der Waals surface area contributed by atoms with Crippen molar-refractivity contribution in [1.82, 2.24) is 4.90 Å². The average Bonchev–Trinajstić information content (AvgIpc) is 2.81. The van der Waals surface area contributed by atoms with Gasteiger partial charge in [-0.1, -0.05) is 6.92 Å². The molecule has 6 heteroatoms. The van der Waals surface area contributed by atoms with E-state index in [0.717, 1.165) is 37.4 Å². The summed E-state index contributed by atoms with van der Waals surface area (Å²) < 4.78 is 11.4. The molecule has 1 unspecified atom stereocenters. The van der Waals surface area contributed by atoms with Gasteiger partial charge in [0.1, 0.15) is 18.0 Å². The molecule has 1 aromatic rings. The van der Waals surface area contributed by atoms with Crippen LogP contribution >= 0.6 is 0 Å². The lowest BCUT2D eigenvalue weighted by Gasteiger charge is -2.33. The topological polar surface area (TPSA) is 62.2 Å². The standard InChI is InChI=1S/C21H32N2O4/c1-15(14-24)13-23-9-10-26-19-12-17-6-8-22(20(25)27-21(2,3)4)7-5-16(17)11-18(19)23/h11-12,15,24H,5-10,13-14H2,1-4H3. The second-order valence-corrected chi connectivity index (χ2v) is 8.64. The third-order valence-corrected chi connectivity index (χ3v) is 5.04. The van der Waals surface area contributed by atoms with Gasteiger partial charge in [-0.2, -0.15) is 0 Å². The van der Waals surface area contributed by atoms with E-state index >= 15 is 0 Å². The molecule has 6 nitrogen and oxygen atoms in total. The van der Waals surface area contributed by atoms with E-state index in [1.165, 1.54) is 11.1 Å². The summed E-state index contributed by atoms with van der Waals surface area (Å²) in [5.41, 5.74) is 3.14. The Morgan fingerprint density at radius 3 is 2.52 bits per heavy atom. The number of hydrogen-bond donors (Lipinski definition) is 1. The molecule has 0 aliphatic carbocycles. The molecular formula is C21H32N2O4. The van der Waals surface area contributed by atoms with E-state index in [1.807, 2.05) is 20.8 Å². The van der Waals surface area contributed by atoms with Crippen molar-refractivity contribution in [3.63, 3.8) is 0 Å². The molecule has 27 heavy (non-hydrogen) atoms. The van der Waals surface area contributed by atoms with E-state index in [1.54, 1.807) is 4.90 Å². The third-order valence-electron chi connectivity index (χ3n) is 5.04. The van der Waals surface area contributed by atoms with Gasteiger partial charge in [0, 0.05) is 26.2 Å². The fraction of sp³-hybridized carbons (Fsp3) is 0.667. The number of ether oxygens (including phenoxy) is 2. The highest BCUT2D eigenvalue weighted by Crippen LogP contribution is 2.36. The SMILES string of the molecule is CC(CO)CN1CCOc2cc3c(cc21)CCN(C(=O)OC(C)(C)C)CC3. The van der Waals surface area contributed by atoms with Crippen molar-refractivity contribution in [2.45, 2.75) is 46.1 Å². The Labute approximate surface area is 162 Å². The first-order chi connectivity index (χ1) is 12.8. The number of aliphatic hydroxyl groups is 1. The number of hydrogen-bond acceptors (Lipinski definition) is 5. The summed E-state index contributed by atoms with van der Waals surface area (Å²) in [7, 11) is 0. The molecule has 1 aromatic carbocycles. The maximum atomic E-state index is 12.4. The molecule has 0 saturated carbocycles. The zero-order chi connectivity index (χ0) is 19.6. The monoisotopic (exact) mass is 376 g/mol. The largest absolute Gasteiger partial charge is 0.490 e. The van der Waals surface area contributed by atoms with Crippen LogP contribution in [0.3, 0.4) is 0 Å². The zero-order valence-corrected chi connectivity index (χ0v) is 17.0. The molecule has 0 radical (unpaired) electrons. The maximum Gasteiger partial charge on any atom is 0.410 e. The molecule has 1 amide bonds. The fourth-order valence-electron chi connectivity index (χ4n) is 3.62. The first-order valence-corrected chi connectivity index (χ1v) is 9.89. The first kappa shape index (κ1) is 19.8. The van der Waals surface area contributed by atoms with Crippen LogP contribution in [0.25, 0.3) is 0 Å². The van der Waals surface area contributed by atoms with Gasteiger partial charge in [-0.25, -0.2) is 4.79 Å². The number of aliphatic hydroxyl groups excluding tert-OH is 1. The summed E-state index contributed by atoms with van der Waals surface area (Å²) >= 11 is 0. The molecule has 0 aromatic heterocycles. The third kappa shape index (κ3) is 4.86. The van der Waals surface area contributed by atoms with Crippen LogP contribution in [0, 0.1) is 5.92 Å². The van der Waals surface area contributed by atoms with Crippen molar-refractivity contribution in [2.75, 3.05) is 44.3 Å². The van der Waals surface area contributed by atoms with Gasteiger partial charge in [0.15, 0.2) is 0 Å². The highest BCUT2D eigenvalue weighted by Gasteiger charge is 2.27. The molecule has 0 fully saturated rings. The lowest BCUT2D eigenvalue weighted by Crippen LogP contribution is -2.38. The fourth-order valence-corrected chi connectivity index (χ4v) is 3.62. The number of anilines is 1. The van der Waals surface area contributed by atoms with E-state index in [2.05, 4.69) is 24.0 Å². The van der Waals surface area contributed by atoms with Crippen LogP contribution in [0.2, 0.25) is 0 Å². The molecule has 0 bridgehead atoms. The van der Waals surface area contributed by atoms with Crippen molar-refractivity contribution in [3.8, 4) is 5.75 Å². The number of fused-ring (bicyclic) bond motifs is 2. The van der Waals surface area contributed by atoms with Crippen molar-refractivity contribution >= 4 is 11.8 Å². The molecule has 2 aliphatic heterocycles. The highest BCUT2D eigenvalue weighted by molar-refractivity contribution is 5.69. The molecular weight excluding hydrogens is 344 g/mol. The Morgan fingerprint density at radius 2 is 1.89 bits per heavy atom. The highest BCUT2D eigenvalue weighted by atomic mass is 16.6. The van der Waals surface area contributed by atoms with Crippen LogP contribution in [0.15, 0.2) is 12.1 Å². The van der Waals surface area contributed by atoms with Crippen LogP contribution in [-0.4, -0.2) is 61.1 Å². The van der Waals surface area contributed by atoms with Crippen LogP contribution in [-0.2, 0) is 17.6 Å². The molecule has 2 aliphatic rings. The minimum absolute atomic E-state index is 0.183. The minimum atomic E-state index is -0.479. The molecule has 150 valence electrons. The second-order valence-electron chi connectivity index (χ2n) is 8.64. The van der Waals surface area contributed by atoms with E-state index in [-0.39, 0.29) is 18.6 Å². The summed E-state index contributed by atoms with van der Waals surface area (Å²) in [6.45, 7) is 11.5. The second kappa shape index (κ2) is 7.97. The summed E-state index contributed by atoms with van der Waals surface area (Å²) in [6.07, 6.45) is 1.37. The number of nitrogens with zero attached hydrogens (tertiary/aromatic N) is 2. The normalized spacial score (nSPS) is 18.1. The van der Waals surface area contributed by atoms with E-state index in [4.69, 9.17) is 9.47 Å². The van der Waals surface area contributed by atoms with Crippen molar-refractivity contribution in [3.05, 3.63) is 23.3 Å². The Hall–Kier alpha value is -1.95. The Kier molecular flexibility index (Phi) is 5.84. The van der Waals surface area contributed by atoms with Gasteiger partial charge in [0.05, 0.1) is 12.2 Å². The van der Waals surface area contributed by atoms with Gasteiger partial charge in [-0.05, 0) is 62.8 Å². The molecule has 2 heterocycles. The predicted molar refractivity (Wildman–Crippen MR) is 106 cm³/mol. The smallest absolute Gasteiger partial charge is 0.410 e. The summed E-state index contributed by atoms with van der Waals surface area (Å²) in [5, 5.41) is 9.40. The Bertz CT molecular complexity index is 683. The van der Waals surface area contributed by atoms with Crippen molar-refractivity contribution < 1.29 is 19.4 Å². The van der Waals surface area contributed by atoms with Crippen LogP contribution in [0.1, 0.15) is 38.8 Å². The van der Waals surface area contributed by atoms with Crippen LogP contribution < -0.4 is 9.64 Å². The lowest BCUT2D eigenvalue weighted by atomic mass is 10.00. The minimum Gasteiger partial charge on any atom is -0.490 e. The van der Waals surface area contributed by atoms with Gasteiger partial charge >= 0.3 is 6.09 Å². The van der Waals surface area contributed by atoms with E-state index < -0.39 is 5.60 Å². The summed E-state index contributed by atoms with van der Waals surface area (Å²) in [6, 6.07) is 4.35. The lowest BCUT2D eigenvalue weighted by molar-refractivity contribution is 0.0258. The number of amides is 1. The molecule has 3 rings (SSSR count). The van der Waals surface area contributed by atoms with Crippen molar-refractivity contribution in [2.24, 2.45) is 5.92 Å². The summed E-state index contributed by atoms with van der Waals surface area (Å²) in [4.78, 5) is 16.5. The molecule has 0 saturated heterocycles. The predicted octanol–water partition coefficient (Wildman–Crippen LogP) is 2.85. The molecule has 1 N–H and O–H groups in total. The van der Waals surface area contributed by atoms with Crippen LogP contribution in [0.5, 0.6) is 5.75 Å². The maximum absolute atomic E-state index is 12.4. The van der Waals surface area contributed by atoms with Crippen molar-refractivity contribution in [1.29, 1.82) is 0 Å². The van der Waals surface area contributed by atoms with Gasteiger partial charge in [-0.15, -0.1) is 0 Å². The summed E-state index contributed by atoms with van der Waals surface area (Å²) in [5.74, 6) is 1.13. The number of benzene rings is 1. The number of carbonyl (C=O) groups is 1. The zero-order valence-electron chi connectivity index (χ0n) is 17.0. The first-order valence-electron chi connectivity index (χ1n) is 9.89. The van der Waals surface area contributed by atoms with Gasteiger partial charge in [0.25, 0.3) is 0 Å². The average molecular weight is 376 g/mol.